The Morgan fingerprint density at radius 2 is 2.28 bits per heavy atom. The van der Waals surface area contributed by atoms with Crippen LogP contribution in [0.2, 0.25) is 5.02 Å². The van der Waals surface area contributed by atoms with Gasteiger partial charge in [-0.15, -0.1) is 5.10 Å². The van der Waals surface area contributed by atoms with Crippen LogP contribution >= 0.6 is 27.5 Å². The average Bonchev–Trinajstić information content (AvgIpc) is 2.79. The third-order valence-electron chi connectivity index (χ3n) is 2.30. The molecule has 2 aromatic rings. The SMILES string of the molecule is O=[N+]([O-])c1cc(Cl)ccc1Cn1cc(CBr)nn1. The Morgan fingerprint density at radius 3 is 2.89 bits per heavy atom. The van der Waals surface area contributed by atoms with E-state index in [-0.39, 0.29) is 12.2 Å². The zero-order valence-corrected chi connectivity index (χ0v) is 11.4. The second-order valence-corrected chi connectivity index (χ2v) is 4.57. The zero-order valence-electron chi connectivity index (χ0n) is 9.08. The molecule has 0 fully saturated rings. The third-order valence-corrected chi connectivity index (χ3v) is 3.11. The molecule has 6 nitrogen and oxygen atoms in total. The van der Waals surface area contributed by atoms with Crippen molar-refractivity contribution in [3.8, 4) is 0 Å². The van der Waals surface area contributed by atoms with E-state index in [0.717, 1.165) is 5.69 Å². The van der Waals surface area contributed by atoms with Crippen molar-refractivity contribution in [2.45, 2.75) is 11.9 Å². The summed E-state index contributed by atoms with van der Waals surface area (Å²) in [6.45, 7) is 0.285. The van der Waals surface area contributed by atoms with Crippen LogP contribution in [-0.4, -0.2) is 19.9 Å². The van der Waals surface area contributed by atoms with E-state index in [1.54, 1.807) is 23.0 Å². The van der Waals surface area contributed by atoms with Gasteiger partial charge in [-0.1, -0.05) is 32.7 Å². The molecular weight excluding hydrogens is 323 g/mol. The molecule has 94 valence electrons. The van der Waals surface area contributed by atoms with E-state index in [1.807, 2.05) is 0 Å². The summed E-state index contributed by atoms with van der Waals surface area (Å²) in [5, 5.41) is 19.6. The molecule has 0 atom stereocenters. The second-order valence-electron chi connectivity index (χ2n) is 3.57. The predicted octanol–water partition coefficient (Wildman–Crippen LogP) is 2.78. The van der Waals surface area contributed by atoms with Crippen LogP contribution in [0.5, 0.6) is 0 Å². The number of rotatable bonds is 4. The molecule has 0 radical (unpaired) electrons. The van der Waals surface area contributed by atoms with Gasteiger partial charge in [-0.2, -0.15) is 0 Å². The van der Waals surface area contributed by atoms with Crippen LogP contribution < -0.4 is 0 Å². The molecule has 0 N–H and O–H groups in total. The largest absolute Gasteiger partial charge is 0.275 e. The first-order chi connectivity index (χ1) is 8.60. The van der Waals surface area contributed by atoms with Gasteiger partial charge < -0.3 is 0 Å². The summed E-state index contributed by atoms with van der Waals surface area (Å²) in [4.78, 5) is 10.5. The Kier molecular flexibility index (Phi) is 3.93. The minimum Gasteiger partial charge on any atom is -0.258 e. The summed E-state index contributed by atoms with van der Waals surface area (Å²) in [6, 6.07) is 4.57. The molecule has 0 aliphatic rings. The summed E-state index contributed by atoms with van der Waals surface area (Å²) >= 11 is 9.01. The van der Waals surface area contributed by atoms with E-state index in [1.165, 1.54) is 6.07 Å². The first-order valence-electron chi connectivity index (χ1n) is 4.98. The van der Waals surface area contributed by atoms with Gasteiger partial charge in [0.15, 0.2) is 0 Å². The van der Waals surface area contributed by atoms with Crippen LogP contribution in [0.25, 0.3) is 0 Å². The highest BCUT2D eigenvalue weighted by atomic mass is 79.9. The first-order valence-corrected chi connectivity index (χ1v) is 6.48. The van der Waals surface area contributed by atoms with Crippen LogP contribution in [0.15, 0.2) is 24.4 Å². The van der Waals surface area contributed by atoms with Crippen molar-refractivity contribution in [3.63, 3.8) is 0 Å². The molecule has 0 aliphatic heterocycles. The Bertz CT molecular complexity index is 587. The van der Waals surface area contributed by atoms with Crippen molar-refractivity contribution >= 4 is 33.2 Å². The summed E-state index contributed by atoms with van der Waals surface area (Å²) < 4.78 is 1.55. The molecule has 0 unspecified atom stereocenters. The molecule has 0 spiro atoms. The molecule has 0 aliphatic carbocycles. The van der Waals surface area contributed by atoms with E-state index in [9.17, 15) is 10.1 Å². The van der Waals surface area contributed by atoms with E-state index < -0.39 is 4.92 Å². The highest BCUT2D eigenvalue weighted by Crippen LogP contribution is 2.23. The van der Waals surface area contributed by atoms with Crippen molar-refractivity contribution in [1.29, 1.82) is 0 Å². The van der Waals surface area contributed by atoms with E-state index in [0.29, 0.717) is 15.9 Å². The number of benzene rings is 1. The van der Waals surface area contributed by atoms with Crippen LogP contribution in [0.3, 0.4) is 0 Å². The number of alkyl halides is 1. The quantitative estimate of drug-likeness (QED) is 0.490. The smallest absolute Gasteiger partial charge is 0.258 e. The van der Waals surface area contributed by atoms with Gasteiger partial charge >= 0.3 is 0 Å². The third kappa shape index (κ3) is 2.85. The molecule has 0 saturated heterocycles. The number of hydrogen-bond acceptors (Lipinski definition) is 4. The summed E-state index contributed by atoms with van der Waals surface area (Å²) in [5.41, 5.74) is 1.29. The predicted molar refractivity (Wildman–Crippen MR) is 69.9 cm³/mol. The maximum atomic E-state index is 10.9. The molecule has 18 heavy (non-hydrogen) atoms. The summed E-state index contributed by atoms with van der Waals surface area (Å²) in [6.07, 6.45) is 1.73. The van der Waals surface area contributed by atoms with Crippen molar-refractivity contribution in [2.75, 3.05) is 0 Å². The monoisotopic (exact) mass is 330 g/mol. The highest BCUT2D eigenvalue weighted by molar-refractivity contribution is 9.08. The molecule has 0 saturated carbocycles. The molecule has 1 aromatic carbocycles. The second kappa shape index (κ2) is 5.45. The molecular formula is C10H8BrClN4O2. The number of halogens is 2. The van der Waals surface area contributed by atoms with Gasteiger partial charge in [-0.25, -0.2) is 4.68 Å². The van der Waals surface area contributed by atoms with Gasteiger partial charge in [0.25, 0.3) is 5.69 Å². The van der Waals surface area contributed by atoms with Gasteiger partial charge in [0, 0.05) is 22.6 Å². The zero-order chi connectivity index (χ0) is 13.1. The number of aromatic nitrogens is 3. The van der Waals surface area contributed by atoms with E-state index in [4.69, 9.17) is 11.6 Å². The van der Waals surface area contributed by atoms with Gasteiger partial charge in [0.1, 0.15) is 0 Å². The van der Waals surface area contributed by atoms with E-state index >= 15 is 0 Å². The Morgan fingerprint density at radius 1 is 1.50 bits per heavy atom. The number of hydrogen-bond donors (Lipinski definition) is 0. The van der Waals surface area contributed by atoms with Gasteiger partial charge in [-0.3, -0.25) is 10.1 Å². The normalized spacial score (nSPS) is 10.6. The molecule has 2 rings (SSSR count). The standard InChI is InChI=1S/C10H8BrClN4O2/c11-4-9-6-15(14-13-9)5-7-1-2-8(12)3-10(7)16(17)18/h1-3,6H,4-5H2. The van der Waals surface area contributed by atoms with Crippen LogP contribution in [0.1, 0.15) is 11.3 Å². The minimum absolute atomic E-state index is 0.0154. The average molecular weight is 332 g/mol. The first kappa shape index (κ1) is 13.0. The van der Waals surface area contributed by atoms with Crippen LogP contribution in [-0.2, 0) is 11.9 Å². The maximum absolute atomic E-state index is 10.9. The van der Waals surface area contributed by atoms with Crippen molar-refractivity contribution < 1.29 is 4.92 Å². The molecule has 0 amide bonds. The van der Waals surface area contributed by atoms with E-state index in [2.05, 4.69) is 26.2 Å². The number of nitrogens with zero attached hydrogens (tertiary/aromatic N) is 4. The lowest BCUT2D eigenvalue weighted by Crippen LogP contribution is -2.03. The maximum Gasteiger partial charge on any atom is 0.275 e. The fourth-order valence-corrected chi connectivity index (χ4v) is 1.92. The van der Waals surface area contributed by atoms with Crippen molar-refractivity contribution in [3.05, 3.63) is 50.8 Å². The molecule has 0 bridgehead atoms. The van der Waals surface area contributed by atoms with Crippen LogP contribution in [0, 0.1) is 10.1 Å². The molecule has 1 aromatic heterocycles. The highest BCUT2D eigenvalue weighted by Gasteiger charge is 2.15. The Hall–Kier alpha value is -1.47. The van der Waals surface area contributed by atoms with Gasteiger partial charge in [-0.05, 0) is 12.1 Å². The van der Waals surface area contributed by atoms with Crippen molar-refractivity contribution in [1.82, 2.24) is 15.0 Å². The molecule has 8 heteroatoms. The lowest BCUT2D eigenvalue weighted by molar-refractivity contribution is -0.385. The number of nitro groups is 1. The summed E-state index contributed by atoms with van der Waals surface area (Å²) in [7, 11) is 0. The Labute approximate surface area is 116 Å². The fourth-order valence-electron chi connectivity index (χ4n) is 1.49. The lowest BCUT2D eigenvalue weighted by atomic mass is 10.2. The Balaban J connectivity index is 2.30. The number of nitro benzene ring substituents is 1. The van der Waals surface area contributed by atoms with Crippen molar-refractivity contribution in [2.24, 2.45) is 0 Å². The topological polar surface area (TPSA) is 73.8 Å². The van der Waals surface area contributed by atoms with Gasteiger partial charge in [0.2, 0.25) is 0 Å². The summed E-state index contributed by atoms with van der Waals surface area (Å²) in [5.74, 6) is 0. The van der Waals surface area contributed by atoms with Gasteiger partial charge in [0.05, 0.1) is 22.7 Å². The fraction of sp³-hybridized carbons (Fsp3) is 0.200. The molecule has 1 heterocycles. The minimum atomic E-state index is -0.455. The van der Waals surface area contributed by atoms with Crippen LogP contribution in [0.4, 0.5) is 5.69 Å². The lowest BCUT2D eigenvalue weighted by Gasteiger charge is -2.03.